The Hall–Kier alpha value is -2.71. The zero-order valence-corrected chi connectivity index (χ0v) is 13.0. The third-order valence-electron chi connectivity index (χ3n) is 4.44. The maximum Gasteiger partial charge on any atom is 0.0741 e. The predicted molar refractivity (Wildman–Crippen MR) is 97.6 cm³/mol. The van der Waals surface area contributed by atoms with Gasteiger partial charge in [-0.15, -0.1) is 0 Å². The molecule has 0 bridgehead atoms. The maximum absolute atomic E-state index is 6.70. The number of hydrogen-bond donors (Lipinski definition) is 1. The van der Waals surface area contributed by atoms with Crippen LogP contribution in [0.1, 0.15) is 0 Å². The molecule has 2 aromatic heterocycles. The van der Waals surface area contributed by atoms with Crippen LogP contribution in [0, 0.1) is 0 Å². The third kappa shape index (κ3) is 1.76. The standard InChI is InChI=1S/C20H13ClN2/c21-19-15-10-11-23(13-6-2-1-3-7-13)18(15)12-16-14-8-4-5-9-17(14)22-20(16)19/h1-12,22H. The highest BCUT2D eigenvalue weighted by Crippen LogP contribution is 2.37. The lowest BCUT2D eigenvalue weighted by Gasteiger charge is -2.06. The molecule has 0 aliphatic carbocycles. The Labute approximate surface area is 137 Å². The van der Waals surface area contributed by atoms with Crippen LogP contribution in [0.4, 0.5) is 0 Å². The molecule has 3 aromatic carbocycles. The fourth-order valence-corrected chi connectivity index (χ4v) is 3.66. The van der Waals surface area contributed by atoms with E-state index >= 15 is 0 Å². The van der Waals surface area contributed by atoms with Gasteiger partial charge in [-0.25, -0.2) is 0 Å². The molecule has 0 saturated carbocycles. The SMILES string of the molecule is Clc1c2ccn(-c3ccccc3)c2cc2c1[nH]c1ccccc12. The summed E-state index contributed by atoms with van der Waals surface area (Å²) in [6.07, 6.45) is 2.08. The number of halogens is 1. The Morgan fingerprint density at radius 1 is 0.783 bits per heavy atom. The van der Waals surface area contributed by atoms with Gasteiger partial charge in [0.25, 0.3) is 0 Å². The van der Waals surface area contributed by atoms with Crippen LogP contribution in [-0.4, -0.2) is 9.55 Å². The summed E-state index contributed by atoms with van der Waals surface area (Å²) in [6, 6.07) is 22.9. The van der Waals surface area contributed by atoms with Crippen molar-refractivity contribution in [3.63, 3.8) is 0 Å². The zero-order valence-electron chi connectivity index (χ0n) is 12.3. The number of nitrogens with one attached hydrogen (secondary N) is 1. The van der Waals surface area contributed by atoms with Crippen molar-refractivity contribution in [1.29, 1.82) is 0 Å². The average molecular weight is 317 g/mol. The second-order valence-corrected chi connectivity index (χ2v) is 6.12. The van der Waals surface area contributed by atoms with Gasteiger partial charge in [-0.3, -0.25) is 0 Å². The molecule has 110 valence electrons. The van der Waals surface area contributed by atoms with Crippen molar-refractivity contribution in [1.82, 2.24) is 9.55 Å². The molecule has 0 radical (unpaired) electrons. The number of hydrogen-bond acceptors (Lipinski definition) is 0. The van der Waals surface area contributed by atoms with Crippen LogP contribution in [-0.2, 0) is 0 Å². The van der Waals surface area contributed by atoms with Crippen LogP contribution in [0.15, 0.2) is 72.9 Å². The molecule has 0 aliphatic rings. The molecular weight excluding hydrogens is 304 g/mol. The van der Waals surface area contributed by atoms with Gasteiger partial charge in [0.05, 0.1) is 16.1 Å². The van der Waals surface area contributed by atoms with Gasteiger partial charge in [-0.05, 0) is 30.3 Å². The minimum atomic E-state index is 0.781. The molecule has 2 nitrogen and oxygen atoms in total. The second kappa shape index (κ2) is 4.64. The van der Waals surface area contributed by atoms with E-state index in [0.29, 0.717) is 0 Å². The fraction of sp³-hybridized carbons (Fsp3) is 0. The molecule has 0 spiro atoms. The lowest BCUT2D eigenvalue weighted by atomic mass is 10.1. The van der Waals surface area contributed by atoms with Crippen molar-refractivity contribution >= 4 is 44.3 Å². The van der Waals surface area contributed by atoms with Gasteiger partial charge in [0.2, 0.25) is 0 Å². The Morgan fingerprint density at radius 2 is 1.57 bits per heavy atom. The van der Waals surface area contributed by atoms with Gasteiger partial charge in [-0.2, -0.15) is 0 Å². The highest BCUT2D eigenvalue weighted by Gasteiger charge is 2.13. The van der Waals surface area contributed by atoms with E-state index in [1.165, 1.54) is 5.39 Å². The Morgan fingerprint density at radius 3 is 2.43 bits per heavy atom. The highest BCUT2D eigenvalue weighted by atomic mass is 35.5. The highest BCUT2D eigenvalue weighted by molar-refractivity contribution is 6.41. The average Bonchev–Trinajstić information content (AvgIpc) is 3.18. The number of H-pyrrole nitrogens is 1. The van der Waals surface area contributed by atoms with E-state index in [-0.39, 0.29) is 0 Å². The molecular formula is C20H13ClN2. The first-order valence-electron chi connectivity index (χ1n) is 7.58. The number of benzene rings is 3. The molecule has 1 N–H and O–H groups in total. The van der Waals surface area contributed by atoms with E-state index in [4.69, 9.17) is 11.6 Å². The van der Waals surface area contributed by atoms with Crippen LogP contribution in [0.2, 0.25) is 5.02 Å². The van der Waals surface area contributed by atoms with Crippen LogP contribution in [0.5, 0.6) is 0 Å². The number of para-hydroxylation sites is 2. The molecule has 0 saturated heterocycles. The molecule has 0 atom stereocenters. The first kappa shape index (κ1) is 12.8. The van der Waals surface area contributed by atoms with Crippen molar-refractivity contribution in [2.45, 2.75) is 0 Å². The minimum Gasteiger partial charge on any atom is -0.353 e. The molecule has 5 rings (SSSR count). The summed E-state index contributed by atoms with van der Waals surface area (Å²) in [5.74, 6) is 0. The first-order valence-corrected chi connectivity index (χ1v) is 7.96. The normalized spacial score (nSPS) is 11.7. The van der Waals surface area contributed by atoms with Crippen molar-refractivity contribution in [3.05, 3.63) is 77.9 Å². The number of fused-ring (bicyclic) bond motifs is 4. The number of rotatable bonds is 1. The largest absolute Gasteiger partial charge is 0.353 e. The topological polar surface area (TPSA) is 20.7 Å². The van der Waals surface area contributed by atoms with E-state index in [2.05, 4.69) is 58.2 Å². The Balaban J connectivity index is 1.94. The summed E-state index contributed by atoms with van der Waals surface area (Å²) in [4.78, 5) is 3.45. The van der Waals surface area contributed by atoms with E-state index in [0.717, 1.165) is 38.0 Å². The third-order valence-corrected chi connectivity index (χ3v) is 4.84. The first-order chi connectivity index (χ1) is 11.3. The minimum absolute atomic E-state index is 0.781. The lowest BCUT2D eigenvalue weighted by molar-refractivity contribution is 1.13. The lowest BCUT2D eigenvalue weighted by Crippen LogP contribution is -1.90. The summed E-state index contributed by atoms with van der Waals surface area (Å²) in [5, 5.41) is 4.21. The smallest absolute Gasteiger partial charge is 0.0741 e. The van der Waals surface area contributed by atoms with Gasteiger partial charge in [-0.1, -0.05) is 48.0 Å². The molecule has 0 unspecified atom stereocenters. The molecule has 5 aromatic rings. The van der Waals surface area contributed by atoms with E-state index in [1.807, 2.05) is 24.3 Å². The summed E-state index contributed by atoms with van der Waals surface area (Å²) in [6.45, 7) is 0. The van der Waals surface area contributed by atoms with Gasteiger partial charge in [0.15, 0.2) is 0 Å². The quantitative estimate of drug-likeness (QED) is 0.396. The maximum atomic E-state index is 6.70. The van der Waals surface area contributed by atoms with Crippen molar-refractivity contribution in [3.8, 4) is 5.69 Å². The molecule has 23 heavy (non-hydrogen) atoms. The van der Waals surface area contributed by atoms with Crippen molar-refractivity contribution in [2.75, 3.05) is 0 Å². The fourth-order valence-electron chi connectivity index (χ4n) is 3.35. The van der Waals surface area contributed by atoms with Gasteiger partial charge < -0.3 is 9.55 Å². The summed E-state index contributed by atoms with van der Waals surface area (Å²) in [7, 11) is 0. The zero-order chi connectivity index (χ0) is 15.4. The molecule has 0 amide bonds. The number of aromatic nitrogens is 2. The summed E-state index contributed by atoms with van der Waals surface area (Å²) in [5.41, 5.74) is 4.38. The number of aromatic amines is 1. The molecule has 3 heteroatoms. The van der Waals surface area contributed by atoms with Gasteiger partial charge in [0, 0.05) is 33.6 Å². The van der Waals surface area contributed by atoms with Crippen molar-refractivity contribution in [2.24, 2.45) is 0 Å². The van der Waals surface area contributed by atoms with Crippen LogP contribution in [0.3, 0.4) is 0 Å². The van der Waals surface area contributed by atoms with Crippen LogP contribution >= 0.6 is 11.6 Å². The number of nitrogens with zero attached hydrogens (tertiary/aromatic N) is 1. The van der Waals surface area contributed by atoms with Gasteiger partial charge in [0.1, 0.15) is 0 Å². The Kier molecular flexibility index (Phi) is 2.58. The van der Waals surface area contributed by atoms with Crippen molar-refractivity contribution < 1.29 is 0 Å². The van der Waals surface area contributed by atoms with Gasteiger partial charge >= 0.3 is 0 Å². The van der Waals surface area contributed by atoms with E-state index < -0.39 is 0 Å². The Bertz CT molecular complexity index is 1170. The van der Waals surface area contributed by atoms with E-state index in [9.17, 15) is 0 Å². The monoisotopic (exact) mass is 316 g/mol. The predicted octanol–water partition coefficient (Wildman–Crippen LogP) is 5.92. The summed E-state index contributed by atoms with van der Waals surface area (Å²) >= 11 is 6.70. The molecule has 2 heterocycles. The van der Waals surface area contributed by atoms with Crippen LogP contribution in [0.25, 0.3) is 38.4 Å². The summed E-state index contributed by atoms with van der Waals surface area (Å²) < 4.78 is 2.18. The molecule has 0 fully saturated rings. The second-order valence-electron chi connectivity index (χ2n) is 5.74. The van der Waals surface area contributed by atoms with Crippen LogP contribution < -0.4 is 0 Å². The van der Waals surface area contributed by atoms with E-state index in [1.54, 1.807) is 0 Å². The molecule has 0 aliphatic heterocycles.